The predicted octanol–water partition coefficient (Wildman–Crippen LogP) is 3.94. The minimum absolute atomic E-state index is 0.0517. The second kappa shape index (κ2) is 7.78. The minimum Gasteiger partial charge on any atom is -0.280 e. The molecule has 0 amide bonds. The van der Waals surface area contributed by atoms with E-state index in [-0.39, 0.29) is 15.5 Å². The van der Waals surface area contributed by atoms with Crippen LogP contribution in [0.2, 0.25) is 5.02 Å². The van der Waals surface area contributed by atoms with Gasteiger partial charge in [0.05, 0.1) is 20.4 Å². The maximum Gasteiger partial charge on any atom is 0.417 e. The summed E-state index contributed by atoms with van der Waals surface area (Å²) >= 11 is 5.52. The van der Waals surface area contributed by atoms with Crippen LogP contribution in [0.5, 0.6) is 0 Å². The van der Waals surface area contributed by atoms with Gasteiger partial charge >= 0.3 is 6.18 Å². The lowest BCUT2D eigenvalue weighted by Crippen LogP contribution is -2.27. The molecule has 6 nitrogen and oxygen atoms in total. The second-order valence-electron chi connectivity index (χ2n) is 6.38. The molecule has 0 atom stereocenters. The Morgan fingerprint density at radius 1 is 0.897 bits per heavy atom. The van der Waals surface area contributed by atoms with Gasteiger partial charge in [-0.05, 0) is 55.3 Å². The van der Waals surface area contributed by atoms with E-state index in [1.54, 1.807) is 0 Å². The smallest absolute Gasteiger partial charge is 0.280 e. The van der Waals surface area contributed by atoms with Crippen molar-refractivity contribution in [3.8, 4) is 0 Å². The minimum atomic E-state index is -4.75. The molecule has 29 heavy (non-hydrogen) atoms. The fourth-order valence-electron chi connectivity index (χ4n) is 2.89. The average Bonchev–Trinajstić information content (AvgIpc) is 3.18. The SMILES string of the molecule is O=S(=O)(Nc1ccc(Cl)c(C(F)(F)F)c1)c1ccc(S(=O)(=O)N2CCCC2)cc1. The monoisotopic (exact) mass is 468 g/mol. The van der Waals surface area contributed by atoms with Crippen LogP contribution >= 0.6 is 11.6 Å². The molecule has 12 heteroatoms. The van der Waals surface area contributed by atoms with Gasteiger partial charge in [-0.15, -0.1) is 0 Å². The van der Waals surface area contributed by atoms with Gasteiger partial charge in [-0.2, -0.15) is 17.5 Å². The maximum atomic E-state index is 12.9. The third kappa shape index (κ3) is 4.68. The van der Waals surface area contributed by atoms with Gasteiger partial charge in [-0.1, -0.05) is 11.6 Å². The molecule has 0 bridgehead atoms. The number of benzene rings is 2. The molecular weight excluding hydrogens is 453 g/mol. The number of anilines is 1. The Bertz CT molecular complexity index is 1110. The van der Waals surface area contributed by atoms with Crippen molar-refractivity contribution in [2.24, 2.45) is 0 Å². The van der Waals surface area contributed by atoms with Gasteiger partial charge in [0.25, 0.3) is 10.0 Å². The Hall–Kier alpha value is -1.82. The Morgan fingerprint density at radius 3 is 2.00 bits per heavy atom. The fraction of sp³-hybridized carbons (Fsp3) is 0.294. The zero-order valence-electron chi connectivity index (χ0n) is 14.8. The molecule has 0 aliphatic carbocycles. The first-order chi connectivity index (χ1) is 13.4. The van der Waals surface area contributed by atoms with Crippen LogP contribution in [0.1, 0.15) is 18.4 Å². The lowest BCUT2D eigenvalue weighted by atomic mass is 10.2. The van der Waals surface area contributed by atoms with Crippen molar-refractivity contribution in [2.75, 3.05) is 17.8 Å². The van der Waals surface area contributed by atoms with E-state index in [1.165, 1.54) is 4.31 Å². The molecule has 1 aliphatic rings. The molecule has 158 valence electrons. The quantitative estimate of drug-likeness (QED) is 0.720. The molecule has 1 saturated heterocycles. The van der Waals surface area contributed by atoms with Crippen LogP contribution in [-0.2, 0) is 26.2 Å². The largest absolute Gasteiger partial charge is 0.417 e. The van der Waals surface area contributed by atoms with Crippen LogP contribution in [-0.4, -0.2) is 34.2 Å². The first-order valence-corrected chi connectivity index (χ1v) is 11.7. The Kier molecular flexibility index (Phi) is 5.87. The summed E-state index contributed by atoms with van der Waals surface area (Å²) in [7, 11) is -7.95. The molecule has 1 heterocycles. The van der Waals surface area contributed by atoms with Crippen molar-refractivity contribution in [2.45, 2.75) is 28.8 Å². The van der Waals surface area contributed by atoms with Gasteiger partial charge in [0.2, 0.25) is 10.0 Å². The van der Waals surface area contributed by atoms with E-state index in [0.717, 1.165) is 49.2 Å². The van der Waals surface area contributed by atoms with Crippen LogP contribution in [0.4, 0.5) is 18.9 Å². The third-order valence-electron chi connectivity index (χ3n) is 4.36. The van der Waals surface area contributed by atoms with Crippen LogP contribution < -0.4 is 4.72 Å². The molecule has 0 spiro atoms. The summed E-state index contributed by atoms with van der Waals surface area (Å²) in [6.45, 7) is 0.810. The molecule has 2 aromatic carbocycles. The first-order valence-electron chi connectivity index (χ1n) is 8.41. The van der Waals surface area contributed by atoms with E-state index in [1.807, 2.05) is 4.72 Å². The van der Waals surface area contributed by atoms with E-state index in [9.17, 15) is 30.0 Å². The van der Waals surface area contributed by atoms with E-state index >= 15 is 0 Å². The normalized spacial score (nSPS) is 16.1. The summed E-state index contributed by atoms with van der Waals surface area (Å²) in [6, 6.07) is 7.12. The summed E-state index contributed by atoms with van der Waals surface area (Å²) in [5.41, 5.74) is -1.50. The number of hydrogen-bond acceptors (Lipinski definition) is 4. The molecule has 0 radical (unpaired) electrons. The molecule has 0 aromatic heterocycles. The van der Waals surface area contributed by atoms with E-state index in [4.69, 9.17) is 11.6 Å². The highest BCUT2D eigenvalue weighted by Gasteiger charge is 2.34. The van der Waals surface area contributed by atoms with E-state index < -0.39 is 36.8 Å². The van der Waals surface area contributed by atoms with Gasteiger partial charge in [0, 0.05) is 18.8 Å². The number of halogens is 4. The maximum absolute atomic E-state index is 12.9. The summed E-state index contributed by atoms with van der Waals surface area (Å²) in [4.78, 5) is -0.342. The molecule has 1 aliphatic heterocycles. The summed E-state index contributed by atoms with van der Waals surface area (Å²) in [5.74, 6) is 0. The Labute approximate surface area is 171 Å². The Morgan fingerprint density at radius 2 is 1.45 bits per heavy atom. The zero-order chi connectivity index (χ0) is 21.4. The number of alkyl halides is 3. The second-order valence-corrected chi connectivity index (χ2v) is 10.4. The van der Waals surface area contributed by atoms with Crippen molar-refractivity contribution in [1.82, 2.24) is 4.31 Å². The Balaban J connectivity index is 1.85. The number of nitrogens with zero attached hydrogens (tertiary/aromatic N) is 1. The van der Waals surface area contributed by atoms with E-state index in [0.29, 0.717) is 19.2 Å². The molecule has 0 saturated carbocycles. The topological polar surface area (TPSA) is 83.5 Å². The van der Waals surface area contributed by atoms with Gasteiger partial charge < -0.3 is 0 Å². The van der Waals surface area contributed by atoms with Crippen LogP contribution in [0.15, 0.2) is 52.3 Å². The summed E-state index contributed by atoms with van der Waals surface area (Å²) in [6.07, 6.45) is -3.22. The highest BCUT2D eigenvalue weighted by molar-refractivity contribution is 7.92. The zero-order valence-corrected chi connectivity index (χ0v) is 17.2. The lowest BCUT2D eigenvalue weighted by molar-refractivity contribution is -0.137. The van der Waals surface area contributed by atoms with Gasteiger partial charge in [0.15, 0.2) is 0 Å². The molecule has 0 unspecified atom stereocenters. The summed E-state index contributed by atoms with van der Waals surface area (Å²) in [5, 5.41) is -0.558. The molecule has 1 N–H and O–H groups in total. The van der Waals surface area contributed by atoms with Gasteiger partial charge in [-0.3, -0.25) is 4.72 Å². The average molecular weight is 469 g/mol. The molecule has 2 aromatic rings. The lowest BCUT2D eigenvalue weighted by Gasteiger charge is -2.16. The number of sulfonamides is 2. The molecule has 1 fully saturated rings. The van der Waals surface area contributed by atoms with Crippen LogP contribution in [0, 0.1) is 0 Å². The fourth-order valence-corrected chi connectivity index (χ4v) is 5.68. The predicted molar refractivity (Wildman–Crippen MR) is 102 cm³/mol. The van der Waals surface area contributed by atoms with Gasteiger partial charge in [-0.25, -0.2) is 16.8 Å². The first kappa shape index (κ1) is 21.9. The molecule has 3 rings (SSSR count). The van der Waals surface area contributed by atoms with Crippen LogP contribution in [0.25, 0.3) is 0 Å². The van der Waals surface area contributed by atoms with Crippen molar-refractivity contribution in [3.63, 3.8) is 0 Å². The highest BCUT2D eigenvalue weighted by Crippen LogP contribution is 2.36. The number of rotatable bonds is 5. The van der Waals surface area contributed by atoms with Crippen molar-refractivity contribution < 1.29 is 30.0 Å². The third-order valence-corrected chi connectivity index (χ3v) is 8.00. The number of nitrogens with one attached hydrogen (secondary N) is 1. The standard InChI is InChI=1S/C17H16ClF3N2O4S2/c18-16-8-3-12(11-15(16)17(19,20)21)22-28(24,25)13-4-6-14(7-5-13)29(26,27)23-9-1-2-10-23/h3-8,11,22H,1-2,9-10H2. The van der Waals surface area contributed by atoms with Crippen molar-refractivity contribution in [1.29, 1.82) is 0 Å². The molecular formula is C17H16ClF3N2O4S2. The number of hydrogen-bond donors (Lipinski definition) is 1. The van der Waals surface area contributed by atoms with Crippen LogP contribution in [0.3, 0.4) is 0 Å². The van der Waals surface area contributed by atoms with E-state index in [2.05, 4.69) is 0 Å². The van der Waals surface area contributed by atoms with Crippen molar-refractivity contribution >= 4 is 37.3 Å². The van der Waals surface area contributed by atoms with Gasteiger partial charge in [0.1, 0.15) is 0 Å². The van der Waals surface area contributed by atoms with Crippen molar-refractivity contribution in [3.05, 3.63) is 53.1 Å². The highest BCUT2D eigenvalue weighted by atomic mass is 35.5. The summed E-state index contributed by atoms with van der Waals surface area (Å²) < 4.78 is 92.1.